The van der Waals surface area contributed by atoms with Gasteiger partial charge in [-0.2, -0.15) is 0 Å². The van der Waals surface area contributed by atoms with Crippen LogP contribution in [0, 0.1) is 17.6 Å². The molecule has 2 rings (SSSR count). The zero-order chi connectivity index (χ0) is 16.7. The van der Waals surface area contributed by atoms with E-state index in [0.717, 1.165) is 12.8 Å². The van der Waals surface area contributed by atoms with Crippen LogP contribution in [0.3, 0.4) is 0 Å². The van der Waals surface area contributed by atoms with Crippen LogP contribution >= 0.6 is 12.2 Å². The van der Waals surface area contributed by atoms with Gasteiger partial charge in [0.1, 0.15) is 17.3 Å². The summed E-state index contributed by atoms with van der Waals surface area (Å²) in [5.74, 6) is -0.932. The number of hydrogen-bond acceptors (Lipinski definition) is 1. The van der Waals surface area contributed by atoms with E-state index in [1.54, 1.807) is 0 Å². The molecule has 0 unspecified atom stereocenters. The SMILES string of the molecule is CC[C@@H](CNC(=S)Nc1c(F)cccc1F)Cc1ccccc1. The number of nitrogens with one attached hydrogen (secondary N) is 2. The first kappa shape index (κ1) is 17.3. The molecule has 122 valence electrons. The maximum Gasteiger partial charge on any atom is 0.170 e. The van der Waals surface area contributed by atoms with Crippen LogP contribution in [0.2, 0.25) is 0 Å². The number of rotatable bonds is 6. The van der Waals surface area contributed by atoms with Crippen LogP contribution in [0.1, 0.15) is 18.9 Å². The third kappa shape index (κ3) is 5.28. The molecule has 1 atom stereocenters. The zero-order valence-corrected chi connectivity index (χ0v) is 13.8. The summed E-state index contributed by atoms with van der Waals surface area (Å²) in [4.78, 5) is 0. The molecule has 0 saturated heterocycles. The van der Waals surface area contributed by atoms with E-state index < -0.39 is 11.6 Å². The Kier molecular flexibility index (Phi) is 6.47. The number of para-hydroxylation sites is 1. The summed E-state index contributed by atoms with van der Waals surface area (Å²) in [6.45, 7) is 2.76. The second-order valence-electron chi connectivity index (χ2n) is 5.40. The molecular weight excluding hydrogens is 314 g/mol. The van der Waals surface area contributed by atoms with Gasteiger partial charge in [0.2, 0.25) is 0 Å². The second-order valence-corrected chi connectivity index (χ2v) is 5.80. The summed E-state index contributed by atoms with van der Waals surface area (Å²) in [6, 6.07) is 13.9. The first-order chi connectivity index (χ1) is 11.1. The summed E-state index contributed by atoms with van der Waals surface area (Å²) >= 11 is 5.13. The van der Waals surface area contributed by atoms with E-state index in [4.69, 9.17) is 12.2 Å². The van der Waals surface area contributed by atoms with Gasteiger partial charge in [-0.05, 0) is 42.3 Å². The van der Waals surface area contributed by atoms with E-state index in [9.17, 15) is 8.78 Å². The van der Waals surface area contributed by atoms with Gasteiger partial charge in [0.05, 0.1) is 0 Å². The van der Waals surface area contributed by atoms with Crippen molar-refractivity contribution >= 4 is 23.0 Å². The van der Waals surface area contributed by atoms with E-state index in [2.05, 4.69) is 29.7 Å². The molecule has 0 aliphatic heterocycles. The van der Waals surface area contributed by atoms with Crippen molar-refractivity contribution in [3.8, 4) is 0 Å². The van der Waals surface area contributed by atoms with Gasteiger partial charge in [-0.15, -0.1) is 0 Å². The highest BCUT2D eigenvalue weighted by molar-refractivity contribution is 7.80. The van der Waals surface area contributed by atoms with Crippen molar-refractivity contribution in [3.63, 3.8) is 0 Å². The summed E-state index contributed by atoms with van der Waals surface area (Å²) in [5, 5.41) is 5.86. The number of benzene rings is 2. The molecule has 0 radical (unpaired) electrons. The van der Waals surface area contributed by atoms with Crippen LogP contribution in [0.5, 0.6) is 0 Å². The van der Waals surface area contributed by atoms with E-state index in [1.165, 1.54) is 23.8 Å². The van der Waals surface area contributed by atoms with E-state index >= 15 is 0 Å². The van der Waals surface area contributed by atoms with Gasteiger partial charge >= 0.3 is 0 Å². The van der Waals surface area contributed by atoms with Crippen LogP contribution in [0.15, 0.2) is 48.5 Å². The van der Waals surface area contributed by atoms with Crippen molar-refractivity contribution in [1.82, 2.24) is 5.32 Å². The van der Waals surface area contributed by atoms with Gasteiger partial charge in [0.25, 0.3) is 0 Å². The molecule has 5 heteroatoms. The van der Waals surface area contributed by atoms with Crippen LogP contribution in [0.25, 0.3) is 0 Å². The summed E-state index contributed by atoms with van der Waals surface area (Å²) in [6.07, 6.45) is 1.92. The molecule has 0 amide bonds. The summed E-state index contributed by atoms with van der Waals surface area (Å²) < 4.78 is 27.1. The Morgan fingerprint density at radius 3 is 2.30 bits per heavy atom. The lowest BCUT2D eigenvalue weighted by Gasteiger charge is -2.18. The number of anilines is 1. The van der Waals surface area contributed by atoms with Crippen LogP contribution in [-0.2, 0) is 6.42 Å². The van der Waals surface area contributed by atoms with Crippen molar-refractivity contribution < 1.29 is 8.78 Å². The van der Waals surface area contributed by atoms with Gasteiger partial charge < -0.3 is 10.6 Å². The van der Waals surface area contributed by atoms with Gasteiger partial charge in [0.15, 0.2) is 5.11 Å². The van der Waals surface area contributed by atoms with Gasteiger partial charge in [0, 0.05) is 6.54 Å². The Labute approximate surface area is 140 Å². The quantitative estimate of drug-likeness (QED) is 0.760. The molecular formula is C18H20F2N2S. The van der Waals surface area contributed by atoms with Gasteiger partial charge in [-0.1, -0.05) is 49.7 Å². The molecule has 0 heterocycles. The van der Waals surface area contributed by atoms with Crippen LogP contribution in [-0.4, -0.2) is 11.7 Å². The fourth-order valence-electron chi connectivity index (χ4n) is 2.32. The van der Waals surface area contributed by atoms with Crippen LogP contribution < -0.4 is 10.6 Å². The Balaban J connectivity index is 1.87. The van der Waals surface area contributed by atoms with Crippen molar-refractivity contribution in [1.29, 1.82) is 0 Å². The molecule has 0 aliphatic carbocycles. The third-order valence-corrected chi connectivity index (χ3v) is 3.94. The van der Waals surface area contributed by atoms with Gasteiger partial charge in [-0.25, -0.2) is 8.78 Å². The minimum Gasteiger partial charge on any atom is -0.362 e. The predicted octanol–water partition coefficient (Wildman–Crippen LogP) is 4.52. The average molecular weight is 334 g/mol. The lowest BCUT2D eigenvalue weighted by Crippen LogP contribution is -2.33. The average Bonchev–Trinajstić information content (AvgIpc) is 2.56. The van der Waals surface area contributed by atoms with Crippen molar-refractivity contribution in [2.75, 3.05) is 11.9 Å². The monoisotopic (exact) mass is 334 g/mol. The normalized spacial score (nSPS) is 11.8. The topological polar surface area (TPSA) is 24.1 Å². The Morgan fingerprint density at radius 2 is 1.70 bits per heavy atom. The lowest BCUT2D eigenvalue weighted by atomic mass is 9.97. The highest BCUT2D eigenvalue weighted by Gasteiger charge is 2.11. The zero-order valence-electron chi connectivity index (χ0n) is 13.0. The molecule has 2 aromatic carbocycles. The molecule has 23 heavy (non-hydrogen) atoms. The minimum atomic E-state index is -0.662. The summed E-state index contributed by atoms with van der Waals surface area (Å²) in [7, 11) is 0. The molecule has 0 saturated carbocycles. The molecule has 2 nitrogen and oxygen atoms in total. The highest BCUT2D eigenvalue weighted by atomic mass is 32.1. The van der Waals surface area contributed by atoms with Crippen molar-refractivity contribution in [2.24, 2.45) is 5.92 Å². The fraction of sp³-hybridized carbons (Fsp3) is 0.278. The number of thiocarbonyl (C=S) groups is 1. The predicted molar refractivity (Wildman–Crippen MR) is 94.5 cm³/mol. The third-order valence-electron chi connectivity index (χ3n) is 3.70. The Hall–Kier alpha value is -2.01. The molecule has 2 aromatic rings. The molecule has 0 aromatic heterocycles. The second kappa shape index (κ2) is 8.58. The molecule has 0 bridgehead atoms. The molecule has 0 spiro atoms. The maximum absolute atomic E-state index is 13.6. The summed E-state index contributed by atoms with van der Waals surface area (Å²) in [5.41, 5.74) is 1.04. The largest absolute Gasteiger partial charge is 0.362 e. The smallest absolute Gasteiger partial charge is 0.170 e. The van der Waals surface area contributed by atoms with E-state index in [1.807, 2.05) is 18.2 Å². The number of halogens is 2. The number of hydrogen-bond donors (Lipinski definition) is 2. The van der Waals surface area contributed by atoms with Crippen molar-refractivity contribution in [2.45, 2.75) is 19.8 Å². The molecule has 2 N–H and O–H groups in total. The fourth-order valence-corrected chi connectivity index (χ4v) is 2.51. The van der Waals surface area contributed by atoms with E-state index in [-0.39, 0.29) is 10.8 Å². The Bertz CT molecular complexity index is 626. The minimum absolute atomic E-state index is 0.221. The Morgan fingerprint density at radius 1 is 1.04 bits per heavy atom. The highest BCUT2D eigenvalue weighted by Crippen LogP contribution is 2.18. The van der Waals surface area contributed by atoms with Gasteiger partial charge in [-0.3, -0.25) is 0 Å². The lowest BCUT2D eigenvalue weighted by molar-refractivity contribution is 0.498. The first-order valence-corrected chi connectivity index (χ1v) is 8.03. The molecule has 0 aliphatic rings. The van der Waals surface area contributed by atoms with E-state index in [0.29, 0.717) is 12.5 Å². The van der Waals surface area contributed by atoms with Crippen molar-refractivity contribution in [3.05, 3.63) is 65.7 Å². The van der Waals surface area contributed by atoms with Crippen LogP contribution in [0.4, 0.5) is 14.5 Å². The maximum atomic E-state index is 13.6. The first-order valence-electron chi connectivity index (χ1n) is 7.63. The standard InChI is InChI=1S/C18H20F2N2S/c1-2-13(11-14-7-4-3-5-8-14)12-21-18(23)22-17-15(19)9-6-10-16(17)20/h3-10,13H,2,11-12H2,1H3,(H2,21,22,23)/t13-/m1/s1. The molecule has 0 fully saturated rings.